The van der Waals surface area contributed by atoms with Crippen LogP contribution >= 0.6 is 0 Å². The number of rotatable bonds is 24. The number of carbonyl (C=O) groups is 3. The summed E-state index contributed by atoms with van der Waals surface area (Å²) in [6.07, 6.45) is 37.2. The number of carboxylic acids is 1. The molecule has 0 spiro atoms. The van der Waals surface area contributed by atoms with Gasteiger partial charge in [0.05, 0.1) is 0 Å². The van der Waals surface area contributed by atoms with Gasteiger partial charge in [-0.1, -0.05) is 104 Å². The number of ether oxygens (including phenoxy) is 1. The van der Waals surface area contributed by atoms with Gasteiger partial charge >= 0.3 is 11.9 Å². The van der Waals surface area contributed by atoms with Crippen molar-refractivity contribution >= 4 is 17.8 Å². The summed E-state index contributed by atoms with van der Waals surface area (Å²) in [6.45, 7) is 9.47. The number of allylic oxidation sites excluding steroid dienone is 2. The molecule has 6 nitrogen and oxygen atoms in total. The SMILES string of the molecule is CCCCCCCC/C=C\CCCCCCCCCC(=O)OC1CCC2(C)C(CCC3C2CCC2(C)C(C(C)CCC(=O)NCC(=O)O)CCC32)C1. The van der Waals surface area contributed by atoms with Gasteiger partial charge in [-0.15, -0.1) is 0 Å². The molecule has 9 unspecified atom stereocenters. The third-order valence-electron chi connectivity index (χ3n) is 15.1. The highest BCUT2D eigenvalue weighted by molar-refractivity contribution is 5.81. The van der Waals surface area contributed by atoms with Gasteiger partial charge in [0.1, 0.15) is 12.6 Å². The minimum absolute atomic E-state index is 0.0361. The van der Waals surface area contributed by atoms with Crippen LogP contribution in [0.2, 0.25) is 0 Å². The lowest BCUT2D eigenvalue weighted by molar-refractivity contribution is -0.162. The van der Waals surface area contributed by atoms with Crippen molar-refractivity contribution in [2.24, 2.45) is 46.3 Å². The summed E-state index contributed by atoms with van der Waals surface area (Å²) in [7, 11) is 0. The lowest BCUT2D eigenvalue weighted by Crippen LogP contribution is -2.54. The van der Waals surface area contributed by atoms with Crippen molar-refractivity contribution in [3.63, 3.8) is 0 Å². The molecule has 4 aliphatic carbocycles. The van der Waals surface area contributed by atoms with E-state index in [0.717, 1.165) is 49.9 Å². The highest BCUT2D eigenvalue weighted by Crippen LogP contribution is 2.68. The van der Waals surface area contributed by atoms with Crippen molar-refractivity contribution in [3.8, 4) is 0 Å². The Labute approximate surface area is 318 Å². The van der Waals surface area contributed by atoms with Crippen molar-refractivity contribution in [2.75, 3.05) is 6.54 Å². The first-order chi connectivity index (χ1) is 25.1. The van der Waals surface area contributed by atoms with Gasteiger partial charge in [0.15, 0.2) is 0 Å². The molecule has 0 aromatic rings. The van der Waals surface area contributed by atoms with E-state index in [9.17, 15) is 14.4 Å². The van der Waals surface area contributed by atoms with Crippen LogP contribution in [0.1, 0.15) is 201 Å². The maximum Gasteiger partial charge on any atom is 0.322 e. The monoisotopic (exact) mass is 726 g/mol. The number of nitrogens with one attached hydrogen (secondary N) is 1. The molecule has 4 fully saturated rings. The van der Waals surface area contributed by atoms with E-state index in [4.69, 9.17) is 9.84 Å². The van der Waals surface area contributed by atoms with Crippen LogP contribution in [0.15, 0.2) is 12.2 Å². The molecule has 4 rings (SSSR count). The largest absolute Gasteiger partial charge is 0.480 e. The summed E-state index contributed by atoms with van der Waals surface area (Å²) >= 11 is 0. The van der Waals surface area contributed by atoms with Gasteiger partial charge in [-0.25, -0.2) is 0 Å². The minimum atomic E-state index is -0.989. The number of carbonyl (C=O) groups excluding carboxylic acids is 2. The molecule has 1 amide bonds. The van der Waals surface area contributed by atoms with Crippen LogP contribution in [-0.2, 0) is 19.1 Å². The average molecular weight is 726 g/mol. The van der Waals surface area contributed by atoms with Crippen molar-refractivity contribution in [1.29, 1.82) is 0 Å². The Morgan fingerprint density at radius 1 is 0.750 bits per heavy atom. The first kappa shape index (κ1) is 42.9. The van der Waals surface area contributed by atoms with Gasteiger partial charge in [-0.3, -0.25) is 14.4 Å². The molecule has 0 radical (unpaired) electrons. The Hall–Kier alpha value is -1.85. The van der Waals surface area contributed by atoms with E-state index in [2.05, 4.69) is 45.2 Å². The minimum Gasteiger partial charge on any atom is -0.480 e. The molecular formula is C46H79NO5. The molecule has 4 aliphatic rings. The predicted molar refractivity (Wildman–Crippen MR) is 213 cm³/mol. The normalized spacial score (nSPS) is 31.8. The number of hydrogen-bond acceptors (Lipinski definition) is 4. The molecular weight excluding hydrogens is 647 g/mol. The van der Waals surface area contributed by atoms with E-state index in [-0.39, 0.29) is 24.5 Å². The molecule has 9 atom stereocenters. The van der Waals surface area contributed by atoms with E-state index >= 15 is 0 Å². The zero-order valence-electron chi connectivity index (χ0n) is 34.1. The molecule has 0 aliphatic heterocycles. The summed E-state index contributed by atoms with van der Waals surface area (Å²) in [5, 5.41) is 11.4. The van der Waals surface area contributed by atoms with E-state index in [1.807, 2.05) is 0 Å². The van der Waals surface area contributed by atoms with Gasteiger partial charge < -0.3 is 15.2 Å². The first-order valence-corrected chi connectivity index (χ1v) is 22.4. The number of aliphatic carboxylic acids is 1. The fourth-order valence-electron chi connectivity index (χ4n) is 12.1. The second-order valence-corrected chi connectivity index (χ2v) is 18.5. The fraction of sp³-hybridized carbons (Fsp3) is 0.891. The van der Waals surface area contributed by atoms with E-state index in [1.165, 1.54) is 128 Å². The summed E-state index contributed by atoms with van der Waals surface area (Å²) in [5.41, 5.74) is 0.709. The molecule has 0 aromatic heterocycles. The Bertz CT molecular complexity index is 1120. The van der Waals surface area contributed by atoms with Crippen molar-refractivity contribution < 1.29 is 24.2 Å². The number of unbranched alkanes of at least 4 members (excludes halogenated alkanes) is 13. The van der Waals surface area contributed by atoms with Crippen molar-refractivity contribution in [2.45, 2.75) is 207 Å². The predicted octanol–water partition coefficient (Wildman–Crippen LogP) is 12.0. The highest BCUT2D eigenvalue weighted by Gasteiger charge is 2.60. The molecule has 298 valence electrons. The molecule has 0 saturated heterocycles. The maximum atomic E-state index is 12.9. The molecule has 6 heteroatoms. The number of esters is 1. The number of hydrogen-bond donors (Lipinski definition) is 2. The van der Waals surface area contributed by atoms with Crippen LogP contribution in [0.25, 0.3) is 0 Å². The first-order valence-electron chi connectivity index (χ1n) is 22.4. The summed E-state index contributed by atoms with van der Waals surface area (Å²) in [4.78, 5) is 35.9. The third kappa shape index (κ3) is 12.3. The van der Waals surface area contributed by atoms with Gasteiger partial charge in [0.2, 0.25) is 5.91 Å². The standard InChI is InChI=1S/C46H79NO5/c1-5-6-7-8-9-10-11-12-13-14-15-16-17-18-19-20-21-22-44(51)52-37-29-31-45(3)36(33-37)24-25-38-40-27-26-39(46(40,4)32-30-41(38)45)35(2)23-28-42(48)47-34-43(49)50/h12-13,35-41H,5-11,14-34H2,1-4H3,(H,47,48)(H,49,50)/b13-12-. The fourth-order valence-corrected chi connectivity index (χ4v) is 12.1. The van der Waals surface area contributed by atoms with Crippen LogP contribution in [0.5, 0.6) is 0 Å². The summed E-state index contributed by atoms with van der Waals surface area (Å²) in [6, 6.07) is 0. The van der Waals surface area contributed by atoms with Gasteiger partial charge in [0, 0.05) is 12.8 Å². The molecule has 2 N–H and O–H groups in total. The van der Waals surface area contributed by atoms with Crippen LogP contribution in [0.3, 0.4) is 0 Å². The molecule has 0 bridgehead atoms. The quantitative estimate of drug-likeness (QED) is 0.0587. The second-order valence-electron chi connectivity index (χ2n) is 18.5. The molecule has 4 saturated carbocycles. The van der Waals surface area contributed by atoms with E-state index < -0.39 is 5.97 Å². The number of amides is 1. The smallest absolute Gasteiger partial charge is 0.322 e. The summed E-state index contributed by atoms with van der Waals surface area (Å²) in [5.74, 6) is 3.04. The Morgan fingerprint density at radius 3 is 2.04 bits per heavy atom. The maximum absolute atomic E-state index is 12.9. The van der Waals surface area contributed by atoms with Crippen molar-refractivity contribution in [3.05, 3.63) is 12.2 Å². The van der Waals surface area contributed by atoms with Gasteiger partial charge in [-0.05, 0) is 143 Å². The van der Waals surface area contributed by atoms with Crippen LogP contribution in [0, 0.1) is 46.3 Å². The number of carboxylic acid groups (broad SMARTS) is 1. The van der Waals surface area contributed by atoms with Gasteiger partial charge in [-0.2, -0.15) is 0 Å². The second kappa shape index (κ2) is 21.9. The van der Waals surface area contributed by atoms with Crippen molar-refractivity contribution in [1.82, 2.24) is 5.32 Å². The van der Waals surface area contributed by atoms with Crippen LogP contribution < -0.4 is 5.32 Å². The molecule has 0 heterocycles. The average Bonchev–Trinajstić information content (AvgIpc) is 3.48. The Morgan fingerprint density at radius 2 is 1.37 bits per heavy atom. The van der Waals surface area contributed by atoms with Crippen LogP contribution in [0.4, 0.5) is 0 Å². The Balaban J connectivity index is 1.07. The Kier molecular flexibility index (Phi) is 18.1. The number of fused-ring (bicyclic) bond motifs is 5. The van der Waals surface area contributed by atoms with E-state index in [0.29, 0.717) is 41.4 Å². The highest BCUT2D eigenvalue weighted by atomic mass is 16.5. The lowest BCUT2D eigenvalue weighted by Gasteiger charge is -2.61. The zero-order chi connectivity index (χ0) is 37.4. The lowest BCUT2D eigenvalue weighted by atomic mass is 9.44. The van der Waals surface area contributed by atoms with Gasteiger partial charge in [0.25, 0.3) is 0 Å². The summed E-state index contributed by atoms with van der Waals surface area (Å²) < 4.78 is 6.14. The van der Waals surface area contributed by atoms with Crippen LogP contribution in [-0.4, -0.2) is 35.6 Å². The van der Waals surface area contributed by atoms with E-state index in [1.54, 1.807) is 0 Å². The topological polar surface area (TPSA) is 92.7 Å². The zero-order valence-corrected chi connectivity index (χ0v) is 34.1. The third-order valence-corrected chi connectivity index (χ3v) is 15.1. The molecule has 52 heavy (non-hydrogen) atoms. The molecule has 0 aromatic carbocycles.